The van der Waals surface area contributed by atoms with Crippen molar-refractivity contribution in [3.05, 3.63) is 30.2 Å². The van der Waals surface area contributed by atoms with Crippen LogP contribution in [0.5, 0.6) is 5.75 Å². The molecule has 1 aliphatic heterocycles. The fourth-order valence-electron chi connectivity index (χ4n) is 2.80. The highest BCUT2D eigenvalue weighted by Crippen LogP contribution is 2.23. The maximum atomic E-state index is 12.1. The Morgan fingerprint density at radius 1 is 1.35 bits per heavy atom. The number of nitrogens with one attached hydrogen (secondary N) is 2. The lowest BCUT2D eigenvalue weighted by molar-refractivity contribution is -0.128. The number of carbonyl (C=O) groups is 1. The van der Waals surface area contributed by atoms with Crippen LogP contribution in [0.3, 0.4) is 0 Å². The van der Waals surface area contributed by atoms with Crippen LogP contribution in [-0.2, 0) is 10.5 Å². The zero-order chi connectivity index (χ0) is 18.5. The van der Waals surface area contributed by atoms with Crippen molar-refractivity contribution in [2.75, 3.05) is 13.7 Å². The zero-order valence-corrected chi connectivity index (χ0v) is 15.5. The van der Waals surface area contributed by atoms with Crippen LogP contribution >= 0.6 is 11.8 Å². The Bertz CT molecular complexity index is 737. The molecule has 8 nitrogen and oxygen atoms in total. The maximum Gasteiger partial charge on any atom is 0.237 e. The number of aromatic nitrogens is 2. The summed E-state index contributed by atoms with van der Waals surface area (Å²) in [6.07, 6.45) is 0.451. The van der Waals surface area contributed by atoms with Gasteiger partial charge in [0.15, 0.2) is 0 Å². The van der Waals surface area contributed by atoms with Crippen LogP contribution in [0, 0.1) is 5.92 Å². The largest absolute Gasteiger partial charge is 0.497 e. The third-order valence-electron chi connectivity index (χ3n) is 4.26. The second-order valence-corrected chi connectivity index (χ2v) is 7.11. The minimum Gasteiger partial charge on any atom is -0.497 e. The second-order valence-electron chi connectivity index (χ2n) is 6.01. The first-order chi connectivity index (χ1) is 12.6. The summed E-state index contributed by atoms with van der Waals surface area (Å²) in [6.45, 7) is 1.94. The highest BCUT2D eigenvalue weighted by molar-refractivity contribution is 7.99. The molecule has 0 aliphatic carbocycles. The number of nitrogens with zero attached hydrogens (tertiary/aromatic N) is 2. The van der Waals surface area contributed by atoms with Crippen molar-refractivity contribution in [3.8, 4) is 17.1 Å². The molecule has 140 valence electrons. The van der Waals surface area contributed by atoms with Gasteiger partial charge >= 0.3 is 0 Å². The van der Waals surface area contributed by atoms with E-state index in [0.29, 0.717) is 23.9 Å². The van der Waals surface area contributed by atoms with Gasteiger partial charge in [0.25, 0.3) is 0 Å². The average molecular weight is 378 g/mol. The lowest BCUT2D eigenvalue weighted by Crippen LogP contribution is -2.59. The summed E-state index contributed by atoms with van der Waals surface area (Å²) in [5.41, 5.74) is 0.610. The molecule has 2 aromatic rings. The molecular weight excluding hydrogens is 356 g/mol. The van der Waals surface area contributed by atoms with Crippen molar-refractivity contribution in [2.45, 2.75) is 30.6 Å². The Balaban J connectivity index is 1.56. The van der Waals surface area contributed by atoms with E-state index < -0.39 is 0 Å². The van der Waals surface area contributed by atoms with Crippen LogP contribution < -0.4 is 15.4 Å². The molecule has 3 unspecified atom stereocenters. The number of amides is 1. The van der Waals surface area contributed by atoms with Gasteiger partial charge in [0.05, 0.1) is 18.8 Å². The number of thioether (sulfide) groups is 1. The number of ether oxygens (including phenoxy) is 1. The summed E-state index contributed by atoms with van der Waals surface area (Å²) < 4.78 is 10.4. The topological polar surface area (TPSA) is 110 Å². The SMILES string of the molecule is COc1ccc(-c2noc(CSC3NC(=O)C(CCO)C(C)N3)n2)cc1. The molecule has 0 spiro atoms. The van der Waals surface area contributed by atoms with E-state index in [2.05, 4.69) is 20.8 Å². The van der Waals surface area contributed by atoms with Crippen molar-refractivity contribution in [3.63, 3.8) is 0 Å². The zero-order valence-electron chi connectivity index (χ0n) is 14.6. The highest BCUT2D eigenvalue weighted by atomic mass is 32.2. The highest BCUT2D eigenvalue weighted by Gasteiger charge is 2.33. The second kappa shape index (κ2) is 8.52. The molecule has 1 aromatic heterocycles. The number of aliphatic hydroxyl groups excluding tert-OH is 1. The van der Waals surface area contributed by atoms with Crippen molar-refractivity contribution in [1.29, 1.82) is 0 Å². The van der Waals surface area contributed by atoms with Crippen LogP contribution in [0.4, 0.5) is 0 Å². The standard InChI is InChI=1S/C17H22N4O4S/c1-10-13(7-8-22)16(23)20-17(18-10)26-9-14-19-15(21-25-14)11-3-5-12(24-2)6-4-11/h3-6,10,13,17-18,22H,7-9H2,1-2H3,(H,20,23). The van der Waals surface area contributed by atoms with E-state index in [4.69, 9.17) is 14.4 Å². The van der Waals surface area contributed by atoms with E-state index in [9.17, 15) is 4.79 Å². The molecule has 1 saturated heterocycles. The fourth-order valence-corrected chi connectivity index (χ4v) is 3.73. The molecule has 0 radical (unpaired) electrons. The van der Waals surface area contributed by atoms with E-state index in [1.165, 1.54) is 11.8 Å². The summed E-state index contributed by atoms with van der Waals surface area (Å²) in [5, 5.41) is 19.3. The summed E-state index contributed by atoms with van der Waals surface area (Å²) in [6, 6.07) is 7.40. The van der Waals surface area contributed by atoms with Crippen LogP contribution in [0.15, 0.2) is 28.8 Å². The van der Waals surface area contributed by atoms with E-state index in [-0.39, 0.29) is 30.0 Å². The number of benzene rings is 1. The molecule has 1 aliphatic rings. The van der Waals surface area contributed by atoms with Crippen molar-refractivity contribution in [1.82, 2.24) is 20.8 Å². The average Bonchev–Trinajstić information content (AvgIpc) is 3.12. The smallest absolute Gasteiger partial charge is 0.237 e. The van der Waals surface area contributed by atoms with Gasteiger partial charge in [0.1, 0.15) is 11.2 Å². The maximum absolute atomic E-state index is 12.1. The number of aliphatic hydroxyl groups is 1. The first kappa shape index (κ1) is 18.7. The van der Waals surface area contributed by atoms with Crippen LogP contribution in [0.25, 0.3) is 11.4 Å². The van der Waals surface area contributed by atoms with Gasteiger partial charge in [0, 0.05) is 18.2 Å². The predicted octanol–water partition coefficient (Wildman–Crippen LogP) is 1.37. The van der Waals surface area contributed by atoms with Gasteiger partial charge in [-0.15, -0.1) is 11.8 Å². The molecule has 26 heavy (non-hydrogen) atoms. The number of hydrogen-bond acceptors (Lipinski definition) is 8. The molecular formula is C17H22N4O4S. The molecule has 9 heteroatoms. The van der Waals surface area contributed by atoms with E-state index >= 15 is 0 Å². The Morgan fingerprint density at radius 2 is 2.12 bits per heavy atom. The Morgan fingerprint density at radius 3 is 2.77 bits per heavy atom. The monoisotopic (exact) mass is 378 g/mol. The summed E-state index contributed by atoms with van der Waals surface area (Å²) in [7, 11) is 1.61. The van der Waals surface area contributed by atoms with E-state index in [1.54, 1.807) is 7.11 Å². The lowest BCUT2D eigenvalue weighted by atomic mass is 9.95. The van der Waals surface area contributed by atoms with Crippen molar-refractivity contribution >= 4 is 17.7 Å². The van der Waals surface area contributed by atoms with Crippen LogP contribution in [0.1, 0.15) is 19.2 Å². The normalized spacial score (nSPS) is 22.9. The number of methoxy groups -OCH3 is 1. The number of hydrogen-bond donors (Lipinski definition) is 3. The van der Waals surface area contributed by atoms with Gasteiger partial charge in [-0.2, -0.15) is 4.98 Å². The van der Waals surface area contributed by atoms with Gasteiger partial charge in [-0.25, -0.2) is 0 Å². The fraction of sp³-hybridized carbons (Fsp3) is 0.471. The molecule has 3 rings (SSSR count). The Hall–Kier alpha value is -2.10. The van der Waals surface area contributed by atoms with Crippen LogP contribution in [-0.4, -0.2) is 46.4 Å². The molecule has 1 amide bonds. The number of rotatable bonds is 7. The molecule has 1 aromatic carbocycles. The summed E-state index contributed by atoms with van der Waals surface area (Å²) in [4.78, 5) is 16.5. The lowest BCUT2D eigenvalue weighted by Gasteiger charge is -2.34. The Labute approximate surface area is 155 Å². The van der Waals surface area contributed by atoms with E-state index in [0.717, 1.165) is 11.3 Å². The van der Waals surface area contributed by atoms with Crippen LogP contribution in [0.2, 0.25) is 0 Å². The van der Waals surface area contributed by atoms with Gasteiger partial charge in [-0.1, -0.05) is 5.16 Å². The first-order valence-electron chi connectivity index (χ1n) is 8.36. The van der Waals surface area contributed by atoms with Gasteiger partial charge in [0.2, 0.25) is 17.6 Å². The molecule has 1 fully saturated rings. The summed E-state index contributed by atoms with van der Waals surface area (Å²) in [5.74, 6) is 1.97. The van der Waals surface area contributed by atoms with E-state index in [1.807, 2.05) is 31.2 Å². The van der Waals surface area contributed by atoms with Gasteiger partial charge < -0.3 is 19.7 Å². The van der Waals surface area contributed by atoms with Crippen molar-refractivity contribution in [2.24, 2.45) is 5.92 Å². The predicted molar refractivity (Wildman–Crippen MR) is 97.3 cm³/mol. The minimum atomic E-state index is -0.233. The quantitative estimate of drug-likeness (QED) is 0.663. The third-order valence-corrected chi connectivity index (χ3v) is 5.26. The first-order valence-corrected chi connectivity index (χ1v) is 9.41. The molecule has 2 heterocycles. The third kappa shape index (κ3) is 4.35. The van der Waals surface area contributed by atoms with Gasteiger partial charge in [-0.3, -0.25) is 10.1 Å². The Kier molecular flexibility index (Phi) is 6.12. The molecule has 0 saturated carbocycles. The van der Waals surface area contributed by atoms with Gasteiger partial charge in [-0.05, 0) is 37.6 Å². The minimum absolute atomic E-state index is 0.00195. The molecule has 3 N–H and O–H groups in total. The summed E-state index contributed by atoms with van der Waals surface area (Å²) >= 11 is 1.47. The molecule has 3 atom stereocenters. The molecule has 0 bridgehead atoms. The number of carbonyl (C=O) groups excluding carboxylic acids is 1. The van der Waals surface area contributed by atoms with Crippen molar-refractivity contribution < 1.29 is 19.2 Å².